The summed E-state index contributed by atoms with van der Waals surface area (Å²) in [5.74, 6) is -0.463. The number of amides is 2. The fourth-order valence-corrected chi connectivity index (χ4v) is 2.04. The van der Waals surface area contributed by atoms with Crippen molar-refractivity contribution < 1.29 is 14.7 Å². The van der Waals surface area contributed by atoms with Gasteiger partial charge in [-0.2, -0.15) is 0 Å². The lowest BCUT2D eigenvalue weighted by atomic mass is 10.1. The maximum atomic E-state index is 12.3. The maximum Gasteiger partial charge on any atom is 0.255 e. The molecule has 0 aliphatic heterocycles. The highest BCUT2D eigenvalue weighted by molar-refractivity contribution is 6.05. The molecule has 0 spiro atoms. The Morgan fingerprint density at radius 3 is 2.55 bits per heavy atom. The van der Waals surface area contributed by atoms with Gasteiger partial charge in [-0.25, -0.2) is 0 Å². The number of aliphatic hydroxyl groups excluding tert-OH is 1. The van der Waals surface area contributed by atoms with Gasteiger partial charge in [0.25, 0.3) is 5.91 Å². The van der Waals surface area contributed by atoms with Crippen molar-refractivity contribution in [3.63, 3.8) is 0 Å². The lowest BCUT2D eigenvalue weighted by Gasteiger charge is -2.11. The quantitative estimate of drug-likeness (QED) is 0.812. The summed E-state index contributed by atoms with van der Waals surface area (Å²) < 4.78 is 0. The van der Waals surface area contributed by atoms with Crippen LogP contribution < -0.4 is 10.6 Å². The van der Waals surface area contributed by atoms with E-state index in [0.29, 0.717) is 16.9 Å². The summed E-state index contributed by atoms with van der Waals surface area (Å²) in [7, 11) is 0. The molecule has 0 aliphatic carbocycles. The maximum absolute atomic E-state index is 12.3. The number of aliphatic hydroxyl groups is 1. The Hall–Kier alpha value is -2.66. The van der Waals surface area contributed by atoms with Crippen LogP contribution in [-0.2, 0) is 11.4 Å². The molecule has 5 heteroatoms. The number of nitrogens with one attached hydrogen (secondary N) is 2. The van der Waals surface area contributed by atoms with Crippen molar-refractivity contribution in [1.29, 1.82) is 0 Å². The van der Waals surface area contributed by atoms with Crippen molar-refractivity contribution in [3.8, 4) is 0 Å². The minimum Gasteiger partial charge on any atom is -0.392 e. The third-order valence-electron chi connectivity index (χ3n) is 3.18. The van der Waals surface area contributed by atoms with Crippen molar-refractivity contribution in [2.75, 3.05) is 10.6 Å². The molecule has 2 amide bonds. The van der Waals surface area contributed by atoms with Crippen LogP contribution in [0.2, 0.25) is 0 Å². The minimum absolute atomic E-state index is 0.0822. The lowest BCUT2D eigenvalue weighted by Crippen LogP contribution is -2.14. The van der Waals surface area contributed by atoms with Crippen LogP contribution in [0, 0.1) is 6.92 Å². The fraction of sp³-hybridized carbons (Fsp3) is 0.176. The summed E-state index contributed by atoms with van der Waals surface area (Å²) in [5, 5.41) is 14.6. The average molecular weight is 298 g/mol. The van der Waals surface area contributed by atoms with Crippen LogP contribution in [0.1, 0.15) is 28.4 Å². The fourth-order valence-electron chi connectivity index (χ4n) is 2.04. The number of aryl methyl sites for hydroxylation is 1. The van der Waals surface area contributed by atoms with E-state index in [-0.39, 0.29) is 18.4 Å². The minimum atomic E-state index is -0.273. The van der Waals surface area contributed by atoms with Crippen LogP contribution >= 0.6 is 0 Å². The van der Waals surface area contributed by atoms with Gasteiger partial charge in [0.2, 0.25) is 5.91 Å². The molecule has 5 nitrogen and oxygen atoms in total. The monoisotopic (exact) mass is 298 g/mol. The number of carbonyl (C=O) groups is 2. The molecule has 2 aromatic carbocycles. The SMILES string of the molecule is CC(=O)Nc1cccc(C(=O)Nc2cc(CO)ccc2C)c1. The number of hydrogen-bond acceptors (Lipinski definition) is 3. The Kier molecular flexibility index (Phi) is 4.91. The van der Waals surface area contributed by atoms with E-state index in [9.17, 15) is 14.7 Å². The number of carbonyl (C=O) groups excluding carboxylic acids is 2. The van der Waals surface area contributed by atoms with Gasteiger partial charge in [-0.1, -0.05) is 18.2 Å². The predicted molar refractivity (Wildman–Crippen MR) is 85.8 cm³/mol. The Labute approximate surface area is 129 Å². The Morgan fingerprint density at radius 1 is 1.09 bits per heavy atom. The summed E-state index contributed by atoms with van der Waals surface area (Å²) in [6, 6.07) is 12.1. The van der Waals surface area contributed by atoms with E-state index >= 15 is 0 Å². The third kappa shape index (κ3) is 3.93. The second-order valence-electron chi connectivity index (χ2n) is 5.02. The normalized spacial score (nSPS) is 10.1. The Bertz CT molecular complexity index is 711. The zero-order valence-electron chi connectivity index (χ0n) is 12.5. The van der Waals surface area contributed by atoms with E-state index < -0.39 is 0 Å². The second-order valence-corrected chi connectivity index (χ2v) is 5.02. The van der Waals surface area contributed by atoms with E-state index in [1.165, 1.54) is 6.92 Å². The summed E-state index contributed by atoms with van der Waals surface area (Å²) in [6.45, 7) is 3.21. The second kappa shape index (κ2) is 6.87. The van der Waals surface area contributed by atoms with Gasteiger partial charge in [0.05, 0.1) is 6.61 Å². The van der Waals surface area contributed by atoms with Gasteiger partial charge in [-0.15, -0.1) is 0 Å². The van der Waals surface area contributed by atoms with E-state index in [1.807, 2.05) is 19.1 Å². The van der Waals surface area contributed by atoms with Gasteiger partial charge in [0.15, 0.2) is 0 Å². The van der Waals surface area contributed by atoms with Crippen molar-refractivity contribution in [2.24, 2.45) is 0 Å². The van der Waals surface area contributed by atoms with Crippen LogP contribution in [0.15, 0.2) is 42.5 Å². The van der Waals surface area contributed by atoms with Crippen LogP contribution in [0.4, 0.5) is 11.4 Å². The first-order chi connectivity index (χ1) is 10.5. The molecule has 0 aliphatic rings. The zero-order valence-corrected chi connectivity index (χ0v) is 12.5. The molecule has 3 N–H and O–H groups in total. The molecule has 0 saturated heterocycles. The molecule has 0 fully saturated rings. The molecule has 0 unspecified atom stereocenters. The highest BCUT2D eigenvalue weighted by Crippen LogP contribution is 2.19. The van der Waals surface area contributed by atoms with Crippen LogP contribution in [-0.4, -0.2) is 16.9 Å². The van der Waals surface area contributed by atoms with Gasteiger partial charge in [0.1, 0.15) is 0 Å². The van der Waals surface area contributed by atoms with Crippen LogP contribution in [0.5, 0.6) is 0 Å². The molecule has 2 aromatic rings. The first kappa shape index (κ1) is 15.7. The molecular formula is C17H18N2O3. The highest BCUT2D eigenvalue weighted by atomic mass is 16.3. The molecule has 22 heavy (non-hydrogen) atoms. The number of anilines is 2. The predicted octanol–water partition coefficient (Wildman–Crippen LogP) is 2.70. The van der Waals surface area contributed by atoms with Crippen molar-refractivity contribution >= 4 is 23.2 Å². The van der Waals surface area contributed by atoms with E-state index in [0.717, 1.165) is 11.1 Å². The Balaban J connectivity index is 2.20. The van der Waals surface area contributed by atoms with Crippen molar-refractivity contribution in [2.45, 2.75) is 20.5 Å². The van der Waals surface area contributed by atoms with Crippen molar-refractivity contribution in [3.05, 3.63) is 59.2 Å². The average Bonchev–Trinajstić information content (AvgIpc) is 2.49. The number of hydrogen-bond donors (Lipinski definition) is 3. The molecule has 0 saturated carbocycles. The van der Waals surface area contributed by atoms with Crippen LogP contribution in [0.25, 0.3) is 0 Å². The molecule has 2 rings (SSSR count). The van der Waals surface area contributed by atoms with Gasteiger partial charge in [0, 0.05) is 23.9 Å². The summed E-state index contributed by atoms with van der Waals surface area (Å²) >= 11 is 0. The lowest BCUT2D eigenvalue weighted by molar-refractivity contribution is -0.114. The summed E-state index contributed by atoms with van der Waals surface area (Å²) in [6.07, 6.45) is 0. The van der Waals surface area contributed by atoms with Crippen LogP contribution in [0.3, 0.4) is 0 Å². The van der Waals surface area contributed by atoms with E-state index in [2.05, 4.69) is 10.6 Å². The molecule has 114 valence electrons. The smallest absolute Gasteiger partial charge is 0.255 e. The third-order valence-corrected chi connectivity index (χ3v) is 3.18. The van der Waals surface area contributed by atoms with Crippen molar-refractivity contribution in [1.82, 2.24) is 0 Å². The van der Waals surface area contributed by atoms with Gasteiger partial charge in [-0.3, -0.25) is 9.59 Å². The summed E-state index contributed by atoms with van der Waals surface area (Å²) in [5.41, 5.74) is 3.30. The molecule has 0 radical (unpaired) electrons. The molecule has 0 heterocycles. The first-order valence-corrected chi connectivity index (χ1v) is 6.89. The van der Waals surface area contributed by atoms with E-state index in [1.54, 1.807) is 30.3 Å². The molecule has 0 atom stereocenters. The Morgan fingerprint density at radius 2 is 1.86 bits per heavy atom. The summed E-state index contributed by atoms with van der Waals surface area (Å²) in [4.78, 5) is 23.4. The molecule has 0 bridgehead atoms. The zero-order chi connectivity index (χ0) is 16.1. The molecular weight excluding hydrogens is 280 g/mol. The highest BCUT2D eigenvalue weighted by Gasteiger charge is 2.09. The van der Waals surface area contributed by atoms with Gasteiger partial charge in [-0.05, 0) is 42.3 Å². The number of rotatable bonds is 4. The molecule has 0 aromatic heterocycles. The van der Waals surface area contributed by atoms with Gasteiger partial charge < -0.3 is 15.7 Å². The number of benzene rings is 2. The topological polar surface area (TPSA) is 78.4 Å². The first-order valence-electron chi connectivity index (χ1n) is 6.89. The largest absolute Gasteiger partial charge is 0.392 e. The van der Waals surface area contributed by atoms with E-state index in [4.69, 9.17) is 0 Å². The van der Waals surface area contributed by atoms with Gasteiger partial charge >= 0.3 is 0 Å². The standard InChI is InChI=1S/C17H18N2O3/c1-11-6-7-13(10-20)8-16(11)19-17(22)14-4-3-5-15(9-14)18-12(2)21/h3-9,20H,10H2,1-2H3,(H,18,21)(H,19,22).